The van der Waals surface area contributed by atoms with Crippen LogP contribution in [0.3, 0.4) is 0 Å². The molecular weight excluding hydrogens is 254 g/mol. The molecular formula is C16H23NO3. The minimum atomic E-state index is -0.309. The van der Waals surface area contributed by atoms with Crippen molar-refractivity contribution in [2.75, 3.05) is 26.3 Å². The van der Waals surface area contributed by atoms with E-state index in [0.717, 1.165) is 19.5 Å². The molecule has 20 heavy (non-hydrogen) atoms. The fourth-order valence-corrected chi connectivity index (χ4v) is 2.55. The van der Waals surface area contributed by atoms with Gasteiger partial charge in [0.25, 0.3) is 0 Å². The van der Waals surface area contributed by atoms with Crippen LogP contribution in [0.1, 0.15) is 37.6 Å². The lowest BCUT2D eigenvalue weighted by molar-refractivity contribution is 0.0839. The Morgan fingerprint density at radius 2 is 1.95 bits per heavy atom. The van der Waals surface area contributed by atoms with E-state index in [1.54, 1.807) is 6.07 Å². The smallest absolute Gasteiger partial charge is 0.170 e. The van der Waals surface area contributed by atoms with Crippen molar-refractivity contribution in [2.45, 2.75) is 27.2 Å². The van der Waals surface area contributed by atoms with E-state index in [-0.39, 0.29) is 11.2 Å². The predicted molar refractivity (Wildman–Crippen MR) is 78.7 cm³/mol. The summed E-state index contributed by atoms with van der Waals surface area (Å²) < 4.78 is 11.1. The first-order valence-electron chi connectivity index (χ1n) is 7.26. The quantitative estimate of drug-likeness (QED) is 0.812. The summed E-state index contributed by atoms with van der Waals surface area (Å²) in [6.45, 7) is 8.64. The van der Waals surface area contributed by atoms with Crippen LogP contribution in [-0.4, -0.2) is 32.1 Å². The number of nitrogens with one attached hydrogen (secondary N) is 1. The molecule has 1 fully saturated rings. The molecule has 1 aromatic carbocycles. The molecule has 1 aliphatic rings. The Kier molecular flexibility index (Phi) is 4.65. The van der Waals surface area contributed by atoms with Gasteiger partial charge in [0.15, 0.2) is 17.3 Å². The molecule has 1 heterocycles. The van der Waals surface area contributed by atoms with Crippen LogP contribution < -0.4 is 14.8 Å². The molecule has 0 aromatic heterocycles. The van der Waals surface area contributed by atoms with Gasteiger partial charge in [-0.1, -0.05) is 6.92 Å². The summed E-state index contributed by atoms with van der Waals surface area (Å²) in [7, 11) is 0. The van der Waals surface area contributed by atoms with Crippen LogP contribution in [0.2, 0.25) is 0 Å². The fourth-order valence-electron chi connectivity index (χ4n) is 2.55. The number of ether oxygens (including phenoxy) is 2. The molecule has 0 saturated carbocycles. The van der Waals surface area contributed by atoms with Crippen molar-refractivity contribution in [1.29, 1.82) is 0 Å². The number of hydrogen-bond donors (Lipinski definition) is 1. The molecule has 1 aromatic rings. The van der Waals surface area contributed by atoms with E-state index in [1.165, 1.54) is 0 Å². The average Bonchev–Trinajstić information content (AvgIpc) is 2.89. The Morgan fingerprint density at radius 3 is 2.55 bits per heavy atom. The monoisotopic (exact) mass is 277 g/mol. The normalized spacial score (nSPS) is 21.8. The van der Waals surface area contributed by atoms with Crippen LogP contribution in [0.4, 0.5) is 0 Å². The first kappa shape index (κ1) is 14.9. The van der Waals surface area contributed by atoms with Gasteiger partial charge in [0, 0.05) is 17.5 Å². The molecule has 0 aliphatic carbocycles. The minimum Gasteiger partial charge on any atom is -0.490 e. The van der Waals surface area contributed by atoms with Gasteiger partial charge in [-0.3, -0.25) is 4.79 Å². The van der Waals surface area contributed by atoms with Gasteiger partial charge < -0.3 is 14.8 Å². The van der Waals surface area contributed by atoms with Crippen molar-refractivity contribution in [3.8, 4) is 11.5 Å². The van der Waals surface area contributed by atoms with E-state index >= 15 is 0 Å². The van der Waals surface area contributed by atoms with Gasteiger partial charge in [0.2, 0.25) is 0 Å². The van der Waals surface area contributed by atoms with Crippen molar-refractivity contribution in [1.82, 2.24) is 5.32 Å². The molecule has 0 bridgehead atoms. The van der Waals surface area contributed by atoms with E-state index in [2.05, 4.69) is 5.32 Å². The summed E-state index contributed by atoms with van der Waals surface area (Å²) in [6.07, 6.45) is 0.878. The largest absolute Gasteiger partial charge is 0.490 e. The number of Topliss-reactive ketones (excluding diaryl/α,β-unsaturated/α-hetero) is 1. The van der Waals surface area contributed by atoms with E-state index in [9.17, 15) is 4.79 Å². The number of hydrogen-bond acceptors (Lipinski definition) is 4. The molecule has 4 nitrogen and oxygen atoms in total. The molecule has 1 aliphatic heterocycles. The van der Waals surface area contributed by atoms with Gasteiger partial charge in [0.05, 0.1) is 13.2 Å². The molecule has 0 spiro atoms. The zero-order chi connectivity index (χ0) is 14.6. The highest BCUT2D eigenvalue weighted by molar-refractivity contribution is 6.01. The first-order valence-corrected chi connectivity index (χ1v) is 7.26. The molecule has 1 saturated heterocycles. The van der Waals surface area contributed by atoms with Crippen molar-refractivity contribution in [3.05, 3.63) is 23.8 Å². The Hall–Kier alpha value is -1.55. The molecule has 1 unspecified atom stereocenters. The SMILES string of the molecule is CCOc1ccc(C(=O)C2(C)CCNC2)cc1OCC. The highest BCUT2D eigenvalue weighted by Crippen LogP contribution is 2.34. The zero-order valence-corrected chi connectivity index (χ0v) is 12.5. The lowest BCUT2D eigenvalue weighted by atomic mass is 9.81. The second-order valence-electron chi connectivity index (χ2n) is 5.34. The number of rotatable bonds is 6. The second kappa shape index (κ2) is 6.27. The fraction of sp³-hybridized carbons (Fsp3) is 0.562. The summed E-state index contributed by atoms with van der Waals surface area (Å²) in [6, 6.07) is 5.47. The van der Waals surface area contributed by atoms with E-state index in [4.69, 9.17) is 9.47 Å². The van der Waals surface area contributed by atoms with Gasteiger partial charge in [-0.05, 0) is 45.0 Å². The number of benzene rings is 1. The van der Waals surface area contributed by atoms with Gasteiger partial charge in [-0.2, -0.15) is 0 Å². The van der Waals surface area contributed by atoms with Crippen molar-refractivity contribution < 1.29 is 14.3 Å². The second-order valence-corrected chi connectivity index (χ2v) is 5.34. The van der Waals surface area contributed by atoms with Gasteiger partial charge in [0.1, 0.15) is 0 Å². The van der Waals surface area contributed by atoms with E-state index < -0.39 is 0 Å². The summed E-state index contributed by atoms with van der Waals surface area (Å²) in [5.41, 5.74) is 0.388. The molecule has 1 atom stereocenters. The molecule has 0 amide bonds. The number of carbonyl (C=O) groups excluding carboxylic acids is 1. The molecule has 4 heteroatoms. The van der Waals surface area contributed by atoms with Crippen LogP contribution >= 0.6 is 0 Å². The Morgan fingerprint density at radius 1 is 1.25 bits per heavy atom. The predicted octanol–water partition coefficient (Wildman–Crippen LogP) is 2.67. The van der Waals surface area contributed by atoms with Crippen molar-refractivity contribution >= 4 is 5.78 Å². The van der Waals surface area contributed by atoms with E-state index in [0.29, 0.717) is 30.3 Å². The third kappa shape index (κ3) is 2.96. The third-order valence-electron chi connectivity index (χ3n) is 3.72. The first-order chi connectivity index (χ1) is 9.60. The van der Waals surface area contributed by atoms with Crippen molar-refractivity contribution in [2.24, 2.45) is 5.41 Å². The summed E-state index contributed by atoms with van der Waals surface area (Å²) in [5, 5.41) is 3.26. The summed E-state index contributed by atoms with van der Waals surface area (Å²) >= 11 is 0. The van der Waals surface area contributed by atoms with Gasteiger partial charge in [-0.25, -0.2) is 0 Å². The molecule has 0 radical (unpaired) electrons. The zero-order valence-electron chi connectivity index (χ0n) is 12.5. The Balaban J connectivity index is 2.28. The highest BCUT2D eigenvalue weighted by Gasteiger charge is 2.36. The number of carbonyl (C=O) groups is 1. The number of ketones is 1. The van der Waals surface area contributed by atoms with Crippen LogP contribution in [-0.2, 0) is 0 Å². The maximum absolute atomic E-state index is 12.7. The van der Waals surface area contributed by atoms with E-state index in [1.807, 2.05) is 32.9 Å². The van der Waals surface area contributed by atoms with Crippen LogP contribution in [0.15, 0.2) is 18.2 Å². The van der Waals surface area contributed by atoms with Gasteiger partial charge in [-0.15, -0.1) is 0 Å². The third-order valence-corrected chi connectivity index (χ3v) is 3.72. The summed E-state index contributed by atoms with van der Waals surface area (Å²) in [4.78, 5) is 12.7. The molecule has 2 rings (SSSR count). The Bertz CT molecular complexity index is 479. The standard InChI is InChI=1S/C16H23NO3/c1-4-19-13-7-6-12(10-14(13)20-5-2)15(18)16(3)8-9-17-11-16/h6-7,10,17H,4-5,8-9,11H2,1-3H3. The Labute approximate surface area is 120 Å². The van der Waals surface area contributed by atoms with Crippen LogP contribution in [0.5, 0.6) is 11.5 Å². The lowest BCUT2D eigenvalue weighted by Gasteiger charge is -2.21. The molecule has 1 N–H and O–H groups in total. The minimum absolute atomic E-state index is 0.173. The molecule has 110 valence electrons. The van der Waals surface area contributed by atoms with Crippen molar-refractivity contribution in [3.63, 3.8) is 0 Å². The summed E-state index contributed by atoms with van der Waals surface area (Å²) in [5.74, 6) is 1.52. The topological polar surface area (TPSA) is 47.6 Å². The van der Waals surface area contributed by atoms with Gasteiger partial charge >= 0.3 is 0 Å². The maximum Gasteiger partial charge on any atom is 0.170 e. The van der Waals surface area contributed by atoms with Crippen LogP contribution in [0, 0.1) is 5.41 Å². The highest BCUT2D eigenvalue weighted by atomic mass is 16.5. The maximum atomic E-state index is 12.7. The average molecular weight is 277 g/mol. The van der Waals surface area contributed by atoms with Crippen LogP contribution in [0.25, 0.3) is 0 Å². The lowest BCUT2D eigenvalue weighted by Crippen LogP contribution is -2.30.